The number of ether oxygens (including phenoxy) is 1. The predicted molar refractivity (Wildman–Crippen MR) is 122 cm³/mol. The fourth-order valence-electron chi connectivity index (χ4n) is 3.97. The van der Waals surface area contributed by atoms with Crippen LogP contribution in [0.2, 0.25) is 0 Å². The minimum atomic E-state index is -0.949. The molecule has 0 N–H and O–H groups in total. The highest BCUT2D eigenvalue weighted by Gasteiger charge is 2.20. The molecule has 0 aliphatic carbocycles. The van der Waals surface area contributed by atoms with E-state index in [1.54, 1.807) is 22.9 Å². The molecule has 0 atom stereocenters. The van der Waals surface area contributed by atoms with Crippen molar-refractivity contribution in [1.29, 1.82) is 0 Å². The van der Waals surface area contributed by atoms with E-state index in [9.17, 15) is 22.4 Å². The number of nitrogens with zero attached hydrogens (tertiary/aromatic N) is 2. The fourth-order valence-corrected chi connectivity index (χ4v) is 3.97. The summed E-state index contributed by atoms with van der Waals surface area (Å²) in [7, 11) is 0. The number of fused-ring (bicyclic) bond motifs is 1. The van der Waals surface area contributed by atoms with Gasteiger partial charge in [0, 0.05) is 47.4 Å². The van der Waals surface area contributed by atoms with Crippen LogP contribution in [-0.4, -0.2) is 28.6 Å². The van der Waals surface area contributed by atoms with Crippen LogP contribution >= 0.6 is 0 Å². The molecule has 0 spiro atoms. The molecule has 4 aromatic rings. The third-order valence-corrected chi connectivity index (χ3v) is 5.66. The SMILES string of the molecule is CCN(CC)C(=O)Oc1ccc2c(ccn2Cc2cccc(F)c2F)c1-c1cc(F)cc(F)c1. The van der Waals surface area contributed by atoms with Crippen LogP contribution < -0.4 is 4.74 Å². The first-order valence-electron chi connectivity index (χ1n) is 10.8. The zero-order valence-corrected chi connectivity index (χ0v) is 18.6. The quantitative estimate of drug-likeness (QED) is 0.292. The zero-order chi connectivity index (χ0) is 24.4. The highest BCUT2D eigenvalue weighted by Crippen LogP contribution is 2.39. The molecule has 8 heteroatoms. The minimum absolute atomic E-state index is 0.0304. The monoisotopic (exact) mass is 470 g/mol. The van der Waals surface area contributed by atoms with Gasteiger partial charge in [-0.05, 0) is 55.8 Å². The second-order valence-corrected chi connectivity index (χ2v) is 7.73. The number of aromatic nitrogens is 1. The lowest BCUT2D eigenvalue weighted by Crippen LogP contribution is -2.33. The largest absolute Gasteiger partial charge is 0.415 e. The Morgan fingerprint density at radius 3 is 2.32 bits per heavy atom. The number of benzene rings is 3. The van der Waals surface area contributed by atoms with Crippen LogP contribution in [0.5, 0.6) is 5.75 Å². The van der Waals surface area contributed by atoms with Gasteiger partial charge in [0.15, 0.2) is 11.6 Å². The van der Waals surface area contributed by atoms with Crippen molar-refractivity contribution in [3.8, 4) is 16.9 Å². The molecule has 0 fully saturated rings. The molecule has 0 radical (unpaired) electrons. The molecule has 0 unspecified atom stereocenters. The Balaban J connectivity index is 1.86. The highest BCUT2D eigenvalue weighted by molar-refractivity contribution is 5.99. The summed E-state index contributed by atoms with van der Waals surface area (Å²) in [6.07, 6.45) is 1.06. The van der Waals surface area contributed by atoms with Gasteiger partial charge in [-0.3, -0.25) is 0 Å². The smallest absolute Gasteiger partial charge is 0.410 e. The molecule has 1 heterocycles. The number of carbonyl (C=O) groups excluding carboxylic acids is 1. The lowest BCUT2D eigenvalue weighted by molar-refractivity contribution is 0.157. The first-order valence-corrected chi connectivity index (χ1v) is 10.8. The van der Waals surface area contributed by atoms with Gasteiger partial charge in [-0.25, -0.2) is 22.4 Å². The van der Waals surface area contributed by atoms with Crippen LogP contribution in [0, 0.1) is 23.3 Å². The Hall–Kier alpha value is -3.81. The Morgan fingerprint density at radius 2 is 1.65 bits per heavy atom. The third kappa shape index (κ3) is 4.48. The first kappa shape index (κ1) is 23.4. The standard InChI is InChI=1S/C26H22F4N2O2/c1-3-31(4-2)26(33)34-23-9-8-22-20(24(23)17-12-18(27)14-19(28)13-17)10-11-32(22)15-16-6-5-7-21(29)25(16)30/h5-14H,3-4,15H2,1-2H3. The number of halogens is 4. The average Bonchev–Trinajstić information content (AvgIpc) is 3.19. The third-order valence-electron chi connectivity index (χ3n) is 5.66. The van der Waals surface area contributed by atoms with E-state index in [1.165, 1.54) is 23.1 Å². The number of hydrogen-bond acceptors (Lipinski definition) is 2. The van der Waals surface area contributed by atoms with Crippen molar-refractivity contribution in [2.45, 2.75) is 20.4 Å². The Labute approximate surface area is 194 Å². The molecule has 4 nitrogen and oxygen atoms in total. The van der Waals surface area contributed by atoms with Gasteiger partial charge in [-0.15, -0.1) is 0 Å². The maximum Gasteiger partial charge on any atom is 0.415 e. The normalized spacial score (nSPS) is 11.1. The van der Waals surface area contributed by atoms with E-state index >= 15 is 0 Å². The van der Waals surface area contributed by atoms with Gasteiger partial charge in [-0.2, -0.15) is 0 Å². The van der Waals surface area contributed by atoms with Crippen molar-refractivity contribution in [1.82, 2.24) is 9.47 Å². The van der Waals surface area contributed by atoms with Crippen molar-refractivity contribution < 1.29 is 27.1 Å². The Bertz CT molecular complexity index is 1340. The fraction of sp³-hybridized carbons (Fsp3) is 0.192. The first-order chi connectivity index (χ1) is 16.3. The van der Waals surface area contributed by atoms with E-state index in [-0.39, 0.29) is 23.4 Å². The number of amides is 1. The summed E-state index contributed by atoms with van der Waals surface area (Å²) < 4.78 is 63.4. The van der Waals surface area contributed by atoms with Gasteiger partial charge in [0.1, 0.15) is 17.4 Å². The van der Waals surface area contributed by atoms with Crippen molar-refractivity contribution in [2.24, 2.45) is 0 Å². The summed E-state index contributed by atoms with van der Waals surface area (Å²) in [4.78, 5) is 14.1. The summed E-state index contributed by atoms with van der Waals surface area (Å²) in [5.74, 6) is -3.33. The maximum absolute atomic E-state index is 14.2. The summed E-state index contributed by atoms with van der Waals surface area (Å²) in [5.41, 5.74) is 1.23. The lowest BCUT2D eigenvalue weighted by Gasteiger charge is -2.20. The highest BCUT2D eigenvalue weighted by atomic mass is 19.2. The molecular weight excluding hydrogens is 448 g/mol. The van der Waals surface area contributed by atoms with Crippen LogP contribution in [0.1, 0.15) is 19.4 Å². The molecule has 4 rings (SSSR count). The van der Waals surface area contributed by atoms with Crippen molar-refractivity contribution in [3.05, 3.63) is 89.6 Å². The van der Waals surface area contributed by atoms with Crippen molar-refractivity contribution in [3.63, 3.8) is 0 Å². The second kappa shape index (κ2) is 9.59. The van der Waals surface area contributed by atoms with Crippen LogP contribution in [0.25, 0.3) is 22.0 Å². The summed E-state index contributed by atoms with van der Waals surface area (Å²) in [5, 5.41) is 0.534. The van der Waals surface area contributed by atoms with E-state index in [0.29, 0.717) is 29.6 Å². The molecule has 0 aliphatic heterocycles. The minimum Gasteiger partial charge on any atom is -0.410 e. The van der Waals surface area contributed by atoms with E-state index in [4.69, 9.17) is 4.74 Å². The number of hydrogen-bond donors (Lipinski definition) is 0. The van der Waals surface area contributed by atoms with E-state index in [1.807, 2.05) is 13.8 Å². The molecule has 34 heavy (non-hydrogen) atoms. The molecule has 3 aromatic carbocycles. The van der Waals surface area contributed by atoms with E-state index < -0.39 is 29.4 Å². The van der Waals surface area contributed by atoms with Crippen LogP contribution in [0.15, 0.2) is 60.8 Å². The second-order valence-electron chi connectivity index (χ2n) is 7.73. The molecule has 0 saturated carbocycles. The van der Waals surface area contributed by atoms with Crippen LogP contribution in [0.3, 0.4) is 0 Å². The molecule has 0 saturated heterocycles. The van der Waals surface area contributed by atoms with Gasteiger partial charge in [0.25, 0.3) is 0 Å². The molecule has 1 aromatic heterocycles. The summed E-state index contributed by atoms with van der Waals surface area (Å²) >= 11 is 0. The van der Waals surface area contributed by atoms with Crippen molar-refractivity contribution >= 4 is 17.0 Å². The van der Waals surface area contributed by atoms with Crippen molar-refractivity contribution in [2.75, 3.05) is 13.1 Å². The topological polar surface area (TPSA) is 34.5 Å². The van der Waals surface area contributed by atoms with Gasteiger partial charge in [-0.1, -0.05) is 12.1 Å². The molecule has 0 aliphatic rings. The molecular formula is C26H22F4N2O2. The Kier molecular flexibility index (Phi) is 6.58. The summed E-state index contributed by atoms with van der Waals surface area (Å²) in [6.45, 7) is 4.50. The van der Waals surface area contributed by atoms with Gasteiger partial charge >= 0.3 is 6.09 Å². The molecule has 1 amide bonds. The number of carbonyl (C=O) groups is 1. The zero-order valence-electron chi connectivity index (χ0n) is 18.6. The lowest BCUT2D eigenvalue weighted by atomic mass is 10.00. The van der Waals surface area contributed by atoms with E-state index in [0.717, 1.165) is 24.3 Å². The van der Waals surface area contributed by atoms with E-state index in [2.05, 4.69) is 0 Å². The van der Waals surface area contributed by atoms with Crippen LogP contribution in [0.4, 0.5) is 22.4 Å². The Morgan fingerprint density at radius 1 is 0.941 bits per heavy atom. The maximum atomic E-state index is 14.2. The van der Waals surface area contributed by atoms with Gasteiger partial charge in [0.2, 0.25) is 0 Å². The van der Waals surface area contributed by atoms with Crippen LogP contribution in [-0.2, 0) is 6.54 Å². The number of rotatable bonds is 6. The van der Waals surface area contributed by atoms with Gasteiger partial charge < -0.3 is 14.2 Å². The average molecular weight is 470 g/mol. The summed E-state index contributed by atoms with van der Waals surface area (Å²) in [6, 6.07) is 11.9. The molecule has 0 bridgehead atoms. The molecule has 176 valence electrons. The predicted octanol–water partition coefficient (Wildman–Crippen LogP) is 6.75. The van der Waals surface area contributed by atoms with Gasteiger partial charge in [0.05, 0.1) is 6.54 Å².